The van der Waals surface area contributed by atoms with Gasteiger partial charge >= 0.3 is 6.61 Å². The van der Waals surface area contributed by atoms with Crippen molar-refractivity contribution in [1.29, 1.82) is 0 Å². The first-order valence-corrected chi connectivity index (χ1v) is 14.2. The number of amides is 3. The minimum absolute atomic E-state index is 0.100. The second-order valence-corrected chi connectivity index (χ2v) is 10.6. The maximum absolute atomic E-state index is 12.7. The van der Waals surface area contributed by atoms with Gasteiger partial charge in [-0.2, -0.15) is 19.0 Å². The van der Waals surface area contributed by atoms with E-state index < -0.39 is 12.5 Å². The predicted molar refractivity (Wildman–Crippen MR) is 156 cm³/mol. The van der Waals surface area contributed by atoms with Gasteiger partial charge in [-0.3, -0.25) is 19.5 Å². The molecule has 0 atom stereocenters. The van der Waals surface area contributed by atoms with Crippen molar-refractivity contribution in [2.75, 3.05) is 51.6 Å². The van der Waals surface area contributed by atoms with Crippen molar-refractivity contribution in [3.63, 3.8) is 0 Å². The monoisotopic (exact) mass is 629 g/mol. The first-order chi connectivity index (χ1) is 21.2. The lowest BCUT2D eigenvalue weighted by molar-refractivity contribution is -0.139. The zero-order valence-electron chi connectivity index (χ0n) is 23.8. The number of hydrogen-bond acceptors (Lipinski definition) is 8. The van der Waals surface area contributed by atoms with Gasteiger partial charge in [0.15, 0.2) is 5.65 Å². The smallest absolute Gasteiger partial charge is 0.387 e. The van der Waals surface area contributed by atoms with Crippen LogP contribution in [-0.2, 0) is 9.59 Å². The Balaban J connectivity index is 0.000000204. The summed E-state index contributed by atoms with van der Waals surface area (Å²) >= 11 is 5.99. The number of carbonyl (C=O) groups is 3. The molecule has 0 spiro atoms. The number of nitrogens with one attached hydrogen (secondary N) is 2. The van der Waals surface area contributed by atoms with E-state index >= 15 is 0 Å². The van der Waals surface area contributed by atoms with Gasteiger partial charge in [-0.15, -0.1) is 0 Å². The molecule has 0 saturated carbocycles. The van der Waals surface area contributed by atoms with Crippen LogP contribution >= 0.6 is 11.6 Å². The van der Waals surface area contributed by atoms with E-state index in [1.165, 1.54) is 41.3 Å². The third-order valence-electron chi connectivity index (χ3n) is 7.19. The quantitative estimate of drug-likeness (QED) is 0.318. The largest absolute Gasteiger partial charge is 0.434 e. The van der Waals surface area contributed by atoms with Crippen LogP contribution in [0.3, 0.4) is 0 Å². The third-order valence-corrected chi connectivity index (χ3v) is 7.43. The maximum atomic E-state index is 12.7. The molecule has 2 N–H and O–H groups in total. The van der Waals surface area contributed by atoms with E-state index in [0.717, 1.165) is 39.1 Å². The first kappa shape index (κ1) is 30.8. The van der Waals surface area contributed by atoms with E-state index in [9.17, 15) is 23.2 Å². The van der Waals surface area contributed by atoms with Crippen LogP contribution in [0.4, 0.5) is 14.5 Å². The molecule has 5 heterocycles. The number of benzene rings is 1. The van der Waals surface area contributed by atoms with Crippen LogP contribution in [0, 0.1) is 0 Å². The van der Waals surface area contributed by atoms with Gasteiger partial charge in [0.05, 0.1) is 30.3 Å². The fourth-order valence-electron chi connectivity index (χ4n) is 4.85. The van der Waals surface area contributed by atoms with Crippen LogP contribution in [0.25, 0.3) is 16.9 Å². The third kappa shape index (κ3) is 7.29. The van der Waals surface area contributed by atoms with E-state index in [4.69, 9.17) is 11.6 Å². The SMILES string of the molecule is CN1CCN(C(=O)CN2CCCC2=O)CC1.O=C(Nc1cn[nH]c1-c1cc(Cl)ccc1OC(F)F)c1cnn2cccnc12. The summed E-state index contributed by atoms with van der Waals surface area (Å²) in [6.45, 7) is 1.44. The Bertz CT molecular complexity index is 1640. The number of piperazine rings is 1. The Labute approximate surface area is 255 Å². The summed E-state index contributed by atoms with van der Waals surface area (Å²) < 4.78 is 31.4. The van der Waals surface area contributed by atoms with Crippen molar-refractivity contribution in [2.24, 2.45) is 0 Å². The molecule has 0 unspecified atom stereocenters. The van der Waals surface area contributed by atoms with Crippen LogP contribution in [0.2, 0.25) is 5.02 Å². The lowest BCUT2D eigenvalue weighted by atomic mass is 10.1. The van der Waals surface area contributed by atoms with Gasteiger partial charge in [0.2, 0.25) is 11.8 Å². The van der Waals surface area contributed by atoms with Crippen molar-refractivity contribution >= 4 is 40.7 Å². The number of halogens is 3. The highest BCUT2D eigenvalue weighted by Gasteiger charge is 2.26. The average molecular weight is 630 g/mol. The number of nitrogens with zero attached hydrogens (tertiary/aromatic N) is 7. The van der Waals surface area contributed by atoms with Crippen LogP contribution < -0.4 is 10.1 Å². The summed E-state index contributed by atoms with van der Waals surface area (Å²) in [6.07, 6.45) is 7.42. The number of likely N-dealkylation sites (N-methyl/N-ethyl adjacent to an activating group) is 1. The highest BCUT2D eigenvalue weighted by Crippen LogP contribution is 2.36. The molecule has 3 aromatic heterocycles. The minimum atomic E-state index is -3.02. The summed E-state index contributed by atoms with van der Waals surface area (Å²) in [5.74, 6) is -0.377. The number of rotatable bonds is 7. The minimum Gasteiger partial charge on any atom is -0.434 e. The van der Waals surface area contributed by atoms with Crippen LogP contribution in [0.15, 0.2) is 49.1 Å². The molecule has 2 saturated heterocycles. The molecule has 3 amide bonds. The fourth-order valence-corrected chi connectivity index (χ4v) is 5.02. The van der Waals surface area contributed by atoms with E-state index in [0.29, 0.717) is 17.1 Å². The van der Waals surface area contributed by atoms with Gasteiger partial charge in [-0.05, 0) is 37.7 Å². The lowest BCUT2D eigenvalue weighted by Crippen LogP contribution is -2.50. The summed E-state index contributed by atoms with van der Waals surface area (Å²) in [5, 5.41) is 13.6. The van der Waals surface area contributed by atoms with Gasteiger partial charge in [-0.1, -0.05) is 11.6 Å². The number of aromatic amines is 1. The van der Waals surface area contributed by atoms with Crippen LogP contribution in [-0.4, -0.2) is 110 Å². The molecule has 13 nitrogen and oxygen atoms in total. The average Bonchev–Trinajstić information content (AvgIpc) is 3.75. The number of ether oxygens (including phenoxy) is 1. The highest BCUT2D eigenvalue weighted by atomic mass is 35.5. The molecule has 2 aliphatic heterocycles. The van der Waals surface area contributed by atoms with Crippen molar-refractivity contribution in [3.8, 4) is 17.0 Å². The molecule has 232 valence electrons. The predicted octanol–water partition coefficient (Wildman–Crippen LogP) is 3.01. The number of fused-ring (bicyclic) bond motifs is 1. The van der Waals surface area contributed by atoms with Crippen molar-refractivity contribution < 1.29 is 27.9 Å². The zero-order valence-corrected chi connectivity index (χ0v) is 24.5. The molecule has 4 aromatic rings. The molecule has 6 rings (SSSR count). The first-order valence-electron chi connectivity index (χ1n) is 13.8. The number of anilines is 1. The number of H-pyrrole nitrogens is 1. The number of aromatic nitrogens is 5. The topological polar surface area (TPSA) is 141 Å². The summed E-state index contributed by atoms with van der Waals surface area (Å²) in [4.78, 5) is 45.9. The second kappa shape index (κ2) is 13.8. The van der Waals surface area contributed by atoms with Gasteiger partial charge in [0.25, 0.3) is 5.91 Å². The van der Waals surface area contributed by atoms with Gasteiger partial charge in [0.1, 0.15) is 11.3 Å². The molecule has 0 aliphatic carbocycles. The van der Waals surface area contributed by atoms with Crippen molar-refractivity contribution in [2.45, 2.75) is 19.5 Å². The second-order valence-electron chi connectivity index (χ2n) is 10.2. The molecule has 16 heteroatoms. The van der Waals surface area contributed by atoms with E-state index in [1.807, 2.05) is 4.90 Å². The lowest BCUT2D eigenvalue weighted by Gasteiger charge is -2.33. The Kier molecular flexibility index (Phi) is 9.65. The van der Waals surface area contributed by atoms with Gasteiger partial charge in [-0.25, -0.2) is 9.50 Å². The molecule has 1 aromatic carbocycles. The number of likely N-dealkylation sites (tertiary alicyclic amines) is 1. The Morgan fingerprint density at radius 1 is 1.16 bits per heavy atom. The molecule has 2 fully saturated rings. The van der Waals surface area contributed by atoms with Gasteiger partial charge < -0.3 is 24.8 Å². The molecular formula is C28H30ClF2N9O4. The molecule has 2 aliphatic rings. The van der Waals surface area contributed by atoms with E-state index in [2.05, 4.69) is 42.3 Å². The Hall–Kier alpha value is -4.63. The summed E-state index contributed by atoms with van der Waals surface area (Å²) in [5.41, 5.74) is 1.34. The maximum Gasteiger partial charge on any atom is 0.387 e. The Morgan fingerprint density at radius 3 is 2.68 bits per heavy atom. The Morgan fingerprint density at radius 2 is 1.95 bits per heavy atom. The van der Waals surface area contributed by atoms with Crippen LogP contribution in [0.5, 0.6) is 5.75 Å². The number of carbonyl (C=O) groups excluding carboxylic acids is 3. The fraction of sp³-hybridized carbons (Fsp3) is 0.357. The standard InChI is InChI=1S/C17H11ClF2N6O2.C11H19N3O2/c18-9-2-3-13(28-17(19)20)10(6-9)14-12(8-22-25-14)24-16(27)11-7-23-26-5-1-4-21-15(11)26;1-12-5-7-13(8-6-12)11(16)9-14-4-2-3-10(14)15/h1-8,17H,(H,22,25)(H,24,27);2-9H2,1H3. The molecule has 0 radical (unpaired) electrons. The summed E-state index contributed by atoms with van der Waals surface area (Å²) in [7, 11) is 2.06. The number of alkyl halides is 2. The molecule has 44 heavy (non-hydrogen) atoms. The highest BCUT2D eigenvalue weighted by molar-refractivity contribution is 6.31. The van der Waals surface area contributed by atoms with E-state index in [-0.39, 0.29) is 46.6 Å². The van der Waals surface area contributed by atoms with E-state index in [1.54, 1.807) is 17.2 Å². The van der Waals surface area contributed by atoms with Crippen molar-refractivity contribution in [1.82, 2.24) is 39.5 Å². The molecule has 0 bridgehead atoms. The van der Waals surface area contributed by atoms with Crippen LogP contribution in [0.1, 0.15) is 23.2 Å². The molecular weight excluding hydrogens is 600 g/mol. The summed E-state index contributed by atoms with van der Waals surface area (Å²) in [6, 6.07) is 5.84. The van der Waals surface area contributed by atoms with Crippen molar-refractivity contribution in [3.05, 3.63) is 59.6 Å². The van der Waals surface area contributed by atoms with Gasteiger partial charge in [0, 0.05) is 62.1 Å². The number of hydrogen-bond donors (Lipinski definition) is 2. The zero-order chi connectivity index (χ0) is 31.2. The normalized spacial score (nSPS) is 15.4.